The first kappa shape index (κ1) is 30.7. The van der Waals surface area contributed by atoms with Gasteiger partial charge in [-0.25, -0.2) is 16.8 Å². The third kappa shape index (κ3) is 7.23. The van der Waals surface area contributed by atoms with Crippen molar-refractivity contribution in [1.29, 1.82) is 0 Å². The number of rotatable bonds is 11. The van der Waals surface area contributed by atoms with Crippen molar-refractivity contribution in [3.05, 3.63) is 54.6 Å². The van der Waals surface area contributed by atoms with E-state index >= 15 is 0 Å². The molecule has 0 aliphatic rings. The summed E-state index contributed by atoms with van der Waals surface area (Å²) in [5.41, 5.74) is 10.8. The Morgan fingerprint density at radius 2 is 1.05 bits per heavy atom. The molecule has 0 radical (unpaired) electrons. The Labute approximate surface area is 229 Å². The zero-order chi connectivity index (χ0) is 29.7. The van der Waals surface area contributed by atoms with Gasteiger partial charge in [0.2, 0.25) is 0 Å². The summed E-state index contributed by atoms with van der Waals surface area (Å²) in [7, 11) is -12.3. The standard InChI is InChI=1S/C22H24N6O9S3/c23-20-18(27-25-14-1-5-16(6-2-14)38(31,32)11-9-29)13-19(40(35,36)37)21(24)22(20)28-26-15-3-7-17(8-4-15)39(33,34)12-10-30/h1-8,13,29-30H,9-12,23-24H2,(H,35,36,37). The Kier molecular flexibility index (Phi) is 9.33. The Balaban J connectivity index is 2.00. The van der Waals surface area contributed by atoms with Crippen molar-refractivity contribution in [3.63, 3.8) is 0 Å². The predicted octanol–water partition coefficient (Wildman–Crippen LogP) is 2.46. The van der Waals surface area contributed by atoms with Gasteiger partial charge in [0.05, 0.1) is 57.3 Å². The van der Waals surface area contributed by atoms with Gasteiger partial charge in [-0.15, -0.1) is 10.2 Å². The highest BCUT2D eigenvalue weighted by molar-refractivity contribution is 7.91. The number of nitrogen functional groups attached to an aromatic ring is 2. The summed E-state index contributed by atoms with van der Waals surface area (Å²) < 4.78 is 81.7. The fraction of sp³-hybridized carbons (Fsp3) is 0.182. The molecule has 0 saturated carbocycles. The van der Waals surface area contributed by atoms with Gasteiger partial charge in [-0.2, -0.15) is 18.6 Å². The van der Waals surface area contributed by atoms with Crippen LogP contribution in [0.5, 0.6) is 0 Å². The molecule has 40 heavy (non-hydrogen) atoms. The van der Waals surface area contributed by atoms with Gasteiger partial charge in [0.15, 0.2) is 19.7 Å². The van der Waals surface area contributed by atoms with Crippen LogP contribution in [0.4, 0.5) is 34.1 Å². The fourth-order valence-electron chi connectivity index (χ4n) is 3.20. The summed E-state index contributed by atoms with van der Waals surface area (Å²) >= 11 is 0. The molecule has 0 aromatic heterocycles. The number of sulfone groups is 2. The van der Waals surface area contributed by atoms with E-state index in [0.29, 0.717) is 0 Å². The Morgan fingerprint density at radius 3 is 1.45 bits per heavy atom. The van der Waals surface area contributed by atoms with Crippen molar-refractivity contribution in [3.8, 4) is 0 Å². The molecule has 3 aromatic rings. The minimum absolute atomic E-state index is 0.0529. The molecule has 15 nitrogen and oxygen atoms in total. The molecule has 0 aliphatic carbocycles. The highest BCUT2D eigenvalue weighted by Gasteiger charge is 2.22. The average Bonchev–Trinajstić information content (AvgIpc) is 2.88. The van der Waals surface area contributed by atoms with Crippen LogP contribution in [0.2, 0.25) is 0 Å². The molecule has 0 fully saturated rings. The van der Waals surface area contributed by atoms with Crippen LogP contribution in [-0.2, 0) is 29.8 Å². The minimum atomic E-state index is -4.87. The van der Waals surface area contributed by atoms with Crippen molar-refractivity contribution < 1.29 is 40.0 Å². The van der Waals surface area contributed by atoms with Crippen molar-refractivity contribution in [2.45, 2.75) is 14.7 Å². The molecule has 214 valence electrons. The number of benzene rings is 3. The van der Waals surface area contributed by atoms with E-state index in [9.17, 15) is 29.8 Å². The first-order valence-corrected chi connectivity index (χ1v) is 15.8. The smallest absolute Gasteiger partial charge is 0.296 e. The highest BCUT2D eigenvalue weighted by atomic mass is 32.2. The molecular weight excluding hydrogens is 588 g/mol. The number of nitrogens with zero attached hydrogens (tertiary/aromatic N) is 4. The van der Waals surface area contributed by atoms with E-state index in [1.54, 1.807) is 0 Å². The van der Waals surface area contributed by atoms with Crippen LogP contribution in [0.1, 0.15) is 0 Å². The maximum absolute atomic E-state index is 12.0. The maximum atomic E-state index is 12.0. The summed E-state index contributed by atoms with van der Waals surface area (Å²) in [6, 6.07) is 11.1. The molecule has 0 spiro atoms. The summed E-state index contributed by atoms with van der Waals surface area (Å²) in [4.78, 5) is -0.891. The first-order valence-electron chi connectivity index (χ1n) is 11.1. The van der Waals surface area contributed by atoms with Gasteiger partial charge in [0.1, 0.15) is 16.3 Å². The highest BCUT2D eigenvalue weighted by Crippen LogP contribution is 2.43. The largest absolute Gasteiger partial charge is 0.396 e. The van der Waals surface area contributed by atoms with Crippen molar-refractivity contribution in [2.75, 3.05) is 36.2 Å². The SMILES string of the molecule is Nc1c(N=Nc2ccc(S(=O)(=O)CCO)cc2)cc(S(=O)(=O)O)c(N)c1N=Nc1ccc(S(=O)(=O)CCO)cc1. The zero-order valence-electron chi connectivity index (χ0n) is 20.5. The number of hydrogen-bond donors (Lipinski definition) is 5. The summed E-state index contributed by atoms with van der Waals surface area (Å²) in [5.74, 6) is -0.924. The van der Waals surface area contributed by atoms with Gasteiger partial charge >= 0.3 is 0 Å². The minimum Gasteiger partial charge on any atom is -0.396 e. The second-order valence-corrected chi connectivity index (χ2v) is 13.6. The van der Waals surface area contributed by atoms with E-state index in [2.05, 4.69) is 20.5 Å². The lowest BCUT2D eigenvalue weighted by Gasteiger charge is -2.10. The van der Waals surface area contributed by atoms with Gasteiger partial charge in [-0.05, 0) is 54.6 Å². The normalized spacial score (nSPS) is 12.9. The van der Waals surface area contributed by atoms with Crippen LogP contribution in [-0.4, -0.2) is 64.7 Å². The fourth-order valence-corrected chi connectivity index (χ4v) is 5.89. The second kappa shape index (κ2) is 12.1. The number of aliphatic hydroxyl groups is 2. The van der Waals surface area contributed by atoms with E-state index in [0.717, 1.165) is 6.07 Å². The molecule has 0 aliphatic heterocycles. The van der Waals surface area contributed by atoms with Gasteiger partial charge < -0.3 is 21.7 Å². The van der Waals surface area contributed by atoms with Crippen molar-refractivity contribution >= 4 is 63.9 Å². The van der Waals surface area contributed by atoms with Gasteiger partial charge in [-0.1, -0.05) is 0 Å². The molecule has 0 amide bonds. The van der Waals surface area contributed by atoms with Crippen LogP contribution in [0, 0.1) is 0 Å². The number of azo groups is 2. The average molecular weight is 613 g/mol. The van der Waals surface area contributed by atoms with E-state index in [1.165, 1.54) is 48.5 Å². The monoisotopic (exact) mass is 612 g/mol. The lowest BCUT2D eigenvalue weighted by atomic mass is 10.2. The third-order valence-corrected chi connectivity index (χ3v) is 9.56. The lowest BCUT2D eigenvalue weighted by molar-refractivity contribution is 0.319. The van der Waals surface area contributed by atoms with Gasteiger partial charge in [-0.3, -0.25) is 4.55 Å². The van der Waals surface area contributed by atoms with Crippen LogP contribution >= 0.6 is 0 Å². The van der Waals surface area contributed by atoms with E-state index in [4.69, 9.17) is 21.7 Å². The number of anilines is 2. The van der Waals surface area contributed by atoms with E-state index < -0.39 is 65.1 Å². The van der Waals surface area contributed by atoms with Crippen molar-refractivity contribution in [2.24, 2.45) is 20.5 Å². The molecular formula is C22H24N6O9S3. The Hall–Kier alpha value is -3.81. The topological polar surface area (TPSA) is 265 Å². The molecule has 0 unspecified atom stereocenters. The third-order valence-electron chi connectivity index (χ3n) is 5.25. The summed E-state index contributed by atoms with van der Waals surface area (Å²) in [6.07, 6.45) is 0. The van der Waals surface area contributed by atoms with Gasteiger partial charge in [0, 0.05) is 0 Å². The van der Waals surface area contributed by atoms with E-state index in [1.807, 2.05) is 0 Å². The Bertz CT molecular complexity index is 1770. The molecule has 0 saturated heterocycles. The maximum Gasteiger partial charge on any atom is 0.296 e. The lowest BCUT2D eigenvalue weighted by Crippen LogP contribution is -2.09. The number of aliphatic hydroxyl groups excluding tert-OH is 2. The molecule has 3 rings (SSSR count). The molecule has 0 atom stereocenters. The summed E-state index contributed by atoms with van der Waals surface area (Å²) in [6.45, 7) is -1.10. The Morgan fingerprint density at radius 1 is 0.625 bits per heavy atom. The summed E-state index contributed by atoms with van der Waals surface area (Å²) in [5, 5.41) is 33.4. The van der Waals surface area contributed by atoms with Crippen LogP contribution in [0.25, 0.3) is 0 Å². The first-order chi connectivity index (χ1) is 18.7. The van der Waals surface area contributed by atoms with Crippen LogP contribution in [0.15, 0.2) is 89.7 Å². The predicted molar refractivity (Wildman–Crippen MR) is 145 cm³/mol. The van der Waals surface area contributed by atoms with Crippen molar-refractivity contribution in [1.82, 2.24) is 0 Å². The molecule has 0 bridgehead atoms. The van der Waals surface area contributed by atoms with Crippen LogP contribution < -0.4 is 11.5 Å². The zero-order valence-corrected chi connectivity index (χ0v) is 22.9. The molecule has 3 aromatic carbocycles. The van der Waals surface area contributed by atoms with Crippen LogP contribution in [0.3, 0.4) is 0 Å². The second-order valence-electron chi connectivity index (χ2n) is 8.02. The molecule has 7 N–H and O–H groups in total. The number of hydrogen-bond acceptors (Lipinski definition) is 14. The number of nitrogens with two attached hydrogens (primary N) is 2. The molecule has 18 heteroatoms. The van der Waals surface area contributed by atoms with E-state index in [-0.39, 0.29) is 38.2 Å². The quantitative estimate of drug-likeness (QED) is 0.119. The van der Waals surface area contributed by atoms with Gasteiger partial charge in [0.25, 0.3) is 10.1 Å². The molecule has 0 heterocycles.